The first kappa shape index (κ1) is 16.3. The topological polar surface area (TPSA) is 20.3 Å². The second-order valence-electron chi connectivity index (χ2n) is 5.78. The summed E-state index contributed by atoms with van der Waals surface area (Å²) in [7, 11) is 0. The van der Waals surface area contributed by atoms with Crippen molar-refractivity contribution in [3.8, 4) is 0 Å². The highest BCUT2D eigenvalue weighted by molar-refractivity contribution is 5.87. The lowest BCUT2D eigenvalue weighted by molar-refractivity contribution is -0.127. The summed E-state index contributed by atoms with van der Waals surface area (Å²) in [5, 5.41) is 0. The Morgan fingerprint density at radius 1 is 1.11 bits per heavy atom. The van der Waals surface area contributed by atoms with Crippen LogP contribution in [0.1, 0.15) is 71.6 Å². The molecule has 1 aliphatic rings. The Morgan fingerprint density at radius 2 is 1.79 bits per heavy atom. The Hall–Kier alpha value is -0.790. The minimum atomic E-state index is 0.225. The van der Waals surface area contributed by atoms with Crippen LogP contribution in [0.4, 0.5) is 0 Å². The first-order chi connectivity index (χ1) is 9.27. The number of likely N-dealkylation sites (tertiary alicyclic amines) is 1. The predicted molar refractivity (Wildman–Crippen MR) is 82.1 cm³/mol. The summed E-state index contributed by atoms with van der Waals surface area (Å²) in [5.41, 5.74) is 0. The highest BCUT2D eigenvalue weighted by Crippen LogP contribution is 2.20. The van der Waals surface area contributed by atoms with Crippen LogP contribution in [0.3, 0.4) is 0 Å². The van der Waals surface area contributed by atoms with Gasteiger partial charge in [0.05, 0.1) is 0 Å². The predicted octanol–water partition coefficient (Wildman–Crippen LogP) is 4.55. The lowest BCUT2D eigenvalue weighted by Crippen LogP contribution is -2.37. The summed E-state index contributed by atoms with van der Waals surface area (Å²) in [6.45, 7) is 6.40. The van der Waals surface area contributed by atoms with E-state index in [1.54, 1.807) is 6.08 Å². The van der Waals surface area contributed by atoms with Crippen molar-refractivity contribution in [2.45, 2.75) is 71.6 Å². The number of unbranched alkanes of at least 4 members (excludes halogenated alkanes) is 5. The molecular weight excluding hydrogens is 234 g/mol. The second-order valence-corrected chi connectivity index (χ2v) is 5.78. The van der Waals surface area contributed by atoms with Crippen molar-refractivity contribution in [2.75, 3.05) is 13.1 Å². The van der Waals surface area contributed by atoms with E-state index in [1.807, 2.05) is 4.90 Å². The van der Waals surface area contributed by atoms with Gasteiger partial charge in [-0.25, -0.2) is 0 Å². The van der Waals surface area contributed by atoms with Crippen LogP contribution in [0.5, 0.6) is 0 Å². The van der Waals surface area contributed by atoms with Crippen molar-refractivity contribution in [3.05, 3.63) is 12.2 Å². The summed E-state index contributed by atoms with van der Waals surface area (Å²) in [6, 6.07) is 0. The average Bonchev–Trinajstić information content (AvgIpc) is 2.46. The molecule has 0 aromatic heterocycles. The molecule has 1 aliphatic heterocycles. The molecule has 1 saturated heterocycles. The van der Waals surface area contributed by atoms with Crippen molar-refractivity contribution in [1.82, 2.24) is 4.90 Å². The minimum Gasteiger partial charge on any atom is -0.339 e. The van der Waals surface area contributed by atoms with Gasteiger partial charge in [-0.2, -0.15) is 0 Å². The van der Waals surface area contributed by atoms with Crippen LogP contribution in [0.25, 0.3) is 0 Å². The molecular formula is C17H31NO. The van der Waals surface area contributed by atoms with Crippen LogP contribution < -0.4 is 0 Å². The van der Waals surface area contributed by atoms with E-state index in [-0.39, 0.29) is 5.91 Å². The number of carbonyl (C=O) groups excluding carboxylic acids is 1. The van der Waals surface area contributed by atoms with Crippen molar-refractivity contribution in [1.29, 1.82) is 0 Å². The molecule has 0 atom stereocenters. The van der Waals surface area contributed by atoms with E-state index in [4.69, 9.17) is 0 Å². The molecule has 0 bridgehead atoms. The molecule has 19 heavy (non-hydrogen) atoms. The maximum absolute atomic E-state index is 12.0. The van der Waals surface area contributed by atoms with E-state index in [1.165, 1.54) is 51.4 Å². The molecule has 0 saturated carbocycles. The quantitative estimate of drug-likeness (QED) is 0.465. The molecule has 0 aliphatic carbocycles. The van der Waals surface area contributed by atoms with Gasteiger partial charge in [0, 0.05) is 13.1 Å². The summed E-state index contributed by atoms with van der Waals surface area (Å²) < 4.78 is 0. The Balaban J connectivity index is 2.10. The van der Waals surface area contributed by atoms with Gasteiger partial charge in [0.25, 0.3) is 0 Å². The molecule has 0 N–H and O–H groups in total. The SMILES string of the molecule is CCCCCCC/C=C/C(=O)N1CCC(CC)CC1. The van der Waals surface area contributed by atoms with Gasteiger partial charge in [0.1, 0.15) is 0 Å². The van der Waals surface area contributed by atoms with Gasteiger partial charge in [-0.1, -0.05) is 52.0 Å². The number of carbonyl (C=O) groups is 1. The summed E-state index contributed by atoms with van der Waals surface area (Å²) in [6.07, 6.45) is 15.1. The molecule has 0 spiro atoms. The molecule has 0 aromatic carbocycles. The number of hydrogen-bond donors (Lipinski definition) is 0. The normalized spacial score (nSPS) is 17.3. The Morgan fingerprint density at radius 3 is 2.42 bits per heavy atom. The van der Waals surface area contributed by atoms with Crippen LogP contribution in [0.15, 0.2) is 12.2 Å². The van der Waals surface area contributed by atoms with E-state index in [0.29, 0.717) is 0 Å². The standard InChI is InChI=1S/C17H31NO/c1-3-5-6-7-8-9-10-11-17(19)18-14-12-16(4-2)13-15-18/h10-11,16H,3-9,12-15H2,1-2H3/b11-10+. The average molecular weight is 265 g/mol. The smallest absolute Gasteiger partial charge is 0.246 e. The van der Waals surface area contributed by atoms with Crippen LogP contribution in [0.2, 0.25) is 0 Å². The maximum atomic E-state index is 12.0. The monoisotopic (exact) mass is 265 g/mol. The number of hydrogen-bond acceptors (Lipinski definition) is 1. The first-order valence-corrected chi connectivity index (χ1v) is 8.23. The number of allylic oxidation sites excluding steroid dienone is 1. The van der Waals surface area contributed by atoms with E-state index in [0.717, 1.165) is 25.4 Å². The van der Waals surface area contributed by atoms with Crippen LogP contribution in [-0.4, -0.2) is 23.9 Å². The third-order valence-corrected chi connectivity index (χ3v) is 4.24. The van der Waals surface area contributed by atoms with E-state index in [2.05, 4.69) is 19.9 Å². The lowest BCUT2D eigenvalue weighted by Gasteiger charge is -2.30. The van der Waals surface area contributed by atoms with Gasteiger partial charge < -0.3 is 4.90 Å². The van der Waals surface area contributed by atoms with E-state index in [9.17, 15) is 4.79 Å². The highest BCUT2D eigenvalue weighted by atomic mass is 16.2. The fourth-order valence-corrected chi connectivity index (χ4v) is 2.72. The Bertz CT molecular complexity index is 264. The minimum absolute atomic E-state index is 0.225. The van der Waals surface area contributed by atoms with Gasteiger partial charge >= 0.3 is 0 Å². The molecule has 1 rings (SSSR count). The zero-order valence-corrected chi connectivity index (χ0v) is 12.9. The molecule has 0 aromatic rings. The second kappa shape index (κ2) is 10.1. The fourth-order valence-electron chi connectivity index (χ4n) is 2.72. The summed E-state index contributed by atoms with van der Waals surface area (Å²) in [5.74, 6) is 1.06. The van der Waals surface area contributed by atoms with Gasteiger partial charge in [-0.15, -0.1) is 0 Å². The molecule has 2 nitrogen and oxygen atoms in total. The first-order valence-electron chi connectivity index (χ1n) is 8.23. The third kappa shape index (κ3) is 6.79. The molecule has 0 unspecified atom stereocenters. The van der Waals surface area contributed by atoms with Crippen LogP contribution >= 0.6 is 0 Å². The number of piperidine rings is 1. The number of nitrogens with zero attached hydrogens (tertiary/aromatic N) is 1. The molecule has 0 radical (unpaired) electrons. The highest BCUT2D eigenvalue weighted by Gasteiger charge is 2.19. The third-order valence-electron chi connectivity index (χ3n) is 4.24. The van der Waals surface area contributed by atoms with E-state index >= 15 is 0 Å². The van der Waals surface area contributed by atoms with Gasteiger partial charge in [0.15, 0.2) is 0 Å². The largest absolute Gasteiger partial charge is 0.339 e. The molecule has 110 valence electrons. The van der Waals surface area contributed by atoms with Gasteiger partial charge in [-0.3, -0.25) is 4.79 Å². The van der Waals surface area contributed by atoms with Gasteiger partial charge in [0.2, 0.25) is 5.91 Å². The van der Waals surface area contributed by atoms with Crippen molar-refractivity contribution >= 4 is 5.91 Å². The maximum Gasteiger partial charge on any atom is 0.246 e. The fraction of sp³-hybridized carbons (Fsp3) is 0.824. The van der Waals surface area contributed by atoms with E-state index < -0.39 is 0 Å². The zero-order valence-electron chi connectivity index (χ0n) is 12.9. The Kier molecular flexibility index (Phi) is 8.61. The molecule has 2 heteroatoms. The van der Waals surface area contributed by atoms with Crippen LogP contribution in [0, 0.1) is 5.92 Å². The summed E-state index contributed by atoms with van der Waals surface area (Å²) >= 11 is 0. The molecule has 1 heterocycles. The zero-order chi connectivity index (χ0) is 13.9. The van der Waals surface area contributed by atoms with Crippen LogP contribution in [-0.2, 0) is 4.79 Å². The number of amides is 1. The molecule has 1 amide bonds. The van der Waals surface area contributed by atoms with Crippen molar-refractivity contribution < 1.29 is 4.79 Å². The lowest BCUT2D eigenvalue weighted by atomic mass is 9.94. The molecule has 1 fully saturated rings. The summed E-state index contributed by atoms with van der Waals surface area (Å²) in [4.78, 5) is 14.0. The van der Waals surface area contributed by atoms with Crippen molar-refractivity contribution in [3.63, 3.8) is 0 Å². The van der Waals surface area contributed by atoms with Gasteiger partial charge in [-0.05, 0) is 37.7 Å². The number of rotatable bonds is 8. The Labute approximate surface area is 119 Å². The van der Waals surface area contributed by atoms with Crippen molar-refractivity contribution in [2.24, 2.45) is 5.92 Å².